The summed E-state index contributed by atoms with van der Waals surface area (Å²) in [6.07, 6.45) is -3.39. The number of carbonyl (C=O) groups is 1. The van der Waals surface area contributed by atoms with Gasteiger partial charge in [0.25, 0.3) is 5.91 Å². The first-order valence-electron chi connectivity index (χ1n) is 6.89. The minimum atomic E-state index is -4.50. The Kier molecular flexibility index (Phi) is 5.33. The molecule has 1 amide bonds. The highest BCUT2D eigenvalue weighted by Crippen LogP contribution is 2.25. The molecule has 0 radical (unpaired) electrons. The Labute approximate surface area is 141 Å². The number of anilines is 1. The molecule has 0 unspecified atom stereocenters. The Morgan fingerprint density at radius 3 is 2.58 bits per heavy atom. The highest BCUT2D eigenvalue weighted by atomic mass is 35.5. The van der Waals surface area contributed by atoms with E-state index in [0.717, 1.165) is 17.3 Å². The van der Waals surface area contributed by atoms with Crippen molar-refractivity contribution >= 4 is 23.2 Å². The van der Waals surface area contributed by atoms with E-state index < -0.39 is 18.7 Å². The molecule has 0 saturated heterocycles. The summed E-state index contributed by atoms with van der Waals surface area (Å²) >= 11 is 5.82. The van der Waals surface area contributed by atoms with Gasteiger partial charge in [0.2, 0.25) is 5.88 Å². The van der Waals surface area contributed by atoms with Crippen LogP contribution in [0.5, 0.6) is 5.88 Å². The quantitative estimate of drug-likeness (QED) is 0.872. The predicted molar refractivity (Wildman–Crippen MR) is 84.7 cm³/mol. The van der Waals surface area contributed by atoms with Crippen LogP contribution in [0.25, 0.3) is 0 Å². The summed E-state index contributed by atoms with van der Waals surface area (Å²) < 4.78 is 40.9. The molecule has 1 aromatic carbocycles. The number of pyridine rings is 1. The van der Waals surface area contributed by atoms with Crippen LogP contribution in [-0.4, -0.2) is 23.7 Å². The van der Waals surface area contributed by atoms with Crippen LogP contribution in [0, 0.1) is 13.8 Å². The normalized spacial score (nSPS) is 11.2. The van der Waals surface area contributed by atoms with E-state index in [9.17, 15) is 18.0 Å². The lowest BCUT2D eigenvalue weighted by atomic mass is 10.1. The van der Waals surface area contributed by atoms with Crippen LogP contribution in [0.4, 0.5) is 18.9 Å². The van der Waals surface area contributed by atoms with Crippen molar-refractivity contribution in [2.24, 2.45) is 0 Å². The second-order valence-electron chi connectivity index (χ2n) is 5.19. The first kappa shape index (κ1) is 18.1. The summed E-state index contributed by atoms with van der Waals surface area (Å²) in [7, 11) is 0. The smallest absolute Gasteiger partial charge is 0.422 e. The molecule has 0 atom stereocenters. The maximum absolute atomic E-state index is 12.2. The van der Waals surface area contributed by atoms with Crippen LogP contribution in [0.2, 0.25) is 5.02 Å². The van der Waals surface area contributed by atoms with Crippen LogP contribution in [-0.2, 0) is 0 Å². The molecule has 0 spiro atoms. The van der Waals surface area contributed by atoms with E-state index in [-0.39, 0.29) is 16.5 Å². The number of aromatic nitrogens is 1. The molecular formula is C16H14ClF3N2O2. The summed E-state index contributed by atoms with van der Waals surface area (Å²) in [5, 5.41) is 2.52. The number of nitrogens with one attached hydrogen (secondary N) is 1. The van der Waals surface area contributed by atoms with Gasteiger partial charge in [0, 0.05) is 11.9 Å². The molecule has 1 aromatic heterocycles. The van der Waals surface area contributed by atoms with Gasteiger partial charge in [0.15, 0.2) is 6.61 Å². The third-order valence-corrected chi connectivity index (χ3v) is 3.34. The van der Waals surface area contributed by atoms with Gasteiger partial charge in [-0.3, -0.25) is 4.79 Å². The molecule has 0 aliphatic heterocycles. The number of hydrogen-bond donors (Lipinski definition) is 1. The molecule has 0 aliphatic carbocycles. The number of alkyl halides is 3. The molecule has 2 rings (SSSR count). The van der Waals surface area contributed by atoms with Gasteiger partial charge < -0.3 is 10.1 Å². The van der Waals surface area contributed by atoms with Crippen molar-refractivity contribution in [1.29, 1.82) is 0 Å². The van der Waals surface area contributed by atoms with E-state index in [1.165, 1.54) is 6.07 Å². The summed E-state index contributed by atoms with van der Waals surface area (Å²) in [4.78, 5) is 15.9. The number of amides is 1. The SMILES string of the molecule is Cc1ccc(NC(=O)c2cnc(OCC(F)(F)F)c(Cl)c2)c(C)c1. The van der Waals surface area contributed by atoms with E-state index >= 15 is 0 Å². The molecular weight excluding hydrogens is 345 g/mol. The lowest BCUT2D eigenvalue weighted by molar-refractivity contribution is -0.154. The number of aryl methyl sites for hydroxylation is 2. The predicted octanol–water partition coefficient (Wildman–Crippen LogP) is 4.55. The van der Waals surface area contributed by atoms with Gasteiger partial charge >= 0.3 is 6.18 Å². The minimum Gasteiger partial charge on any atom is -0.467 e. The van der Waals surface area contributed by atoms with Gasteiger partial charge in [0.05, 0.1) is 5.56 Å². The van der Waals surface area contributed by atoms with E-state index in [0.29, 0.717) is 5.69 Å². The first-order chi connectivity index (χ1) is 11.2. The van der Waals surface area contributed by atoms with Crippen molar-refractivity contribution in [3.8, 4) is 5.88 Å². The van der Waals surface area contributed by atoms with Crippen LogP contribution in [0.1, 0.15) is 21.5 Å². The van der Waals surface area contributed by atoms with Gasteiger partial charge in [-0.15, -0.1) is 0 Å². The fourth-order valence-electron chi connectivity index (χ4n) is 1.95. The zero-order valence-corrected chi connectivity index (χ0v) is 13.6. The maximum atomic E-state index is 12.2. The topological polar surface area (TPSA) is 51.2 Å². The van der Waals surface area contributed by atoms with Gasteiger partial charge in [0.1, 0.15) is 5.02 Å². The molecule has 1 heterocycles. The number of rotatable bonds is 4. The third-order valence-electron chi connectivity index (χ3n) is 3.07. The fraction of sp³-hybridized carbons (Fsp3) is 0.250. The van der Waals surface area contributed by atoms with Crippen molar-refractivity contribution in [2.75, 3.05) is 11.9 Å². The Hall–Kier alpha value is -2.28. The summed E-state index contributed by atoms with van der Waals surface area (Å²) in [6.45, 7) is 2.28. The molecule has 24 heavy (non-hydrogen) atoms. The van der Waals surface area contributed by atoms with Gasteiger partial charge in [-0.1, -0.05) is 29.3 Å². The Morgan fingerprint density at radius 1 is 1.29 bits per heavy atom. The third kappa shape index (κ3) is 4.86. The van der Waals surface area contributed by atoms with Crippen LogP contribution >= 0.6 is 11.6 Å². The summed E-state index contributed by atoms with van der Waals surface area (Å²) in [6, 6.07) is 6.73. The number of nitrogens with zero attached hydrogens (tertiary/aromatic N) is 1. The average molecular weight is 359 g/mol. The summed E-state index contributed by atoms with van der Waals surface area (Å²) in [5.41, 5.74) is 2.67. The number of halogens is 4. The van der Waals surface area contributed by atoms with Crippen LogP contribution in [0.3, 0.4) is 0 Å². The van der Waals surface area contributed by atoms with Crippen molar-refractivity contribution in [2.45, 2.75) is 20.0 Å². The molecule has 128 valence electrons. The fourth-order valence-corrected chi connectivity index (χ4v) is 2.18. The van der Waals surface area contributed by atoms with Crippen molar-refractivity contribution < 1.29 is 22.7 Å². The molecule has 4 nitrogen and oxygen atoms in total. The second-order valence-corrected chi connectivity index (χ2v) is 5.59. The Morgan fingerprint density at radius 2 is 2.00 bits per heavy atom. The second kappa shape index (κ2) is 7.09. The monoisotopic (exact) mass is 358 g/mol. The number of benzene rings is 1. The minimum absolute atomic E-state index is 0.110. The molecule has 2 aromatic rings. The molecule has 1 N–H and O–H groups in total. The molecule has 8 heteroatoms. The van der Waals surface area contributed by atoms with Gasteiger partial charge in [-0.25, -0.2) is 4.98 Å². The number of ether oxygens (including phenoxy) is 1. The highest BCUT2D eigenvalue weighted by molar-refractivity contribution is 6.32. The lowest BCUT2D eigenvalue weighted by Crippen LogP contribution is -2.20. The van der Waals surface area contributed by atoms with Crippen LogP contribution in [0.15, 0.2) is 30.5 Å². The van der Waals surface area contributed by atoms with E-state index in [2.05, 4.69) is 15.0 Å². The van der Waals surface area contributed by atoms with Gasteiger partial charge in [-0.05, 0) is 31.5 Å². The van der Waals surface area contributed by atoms with Crippen LogP contribution < -0.4 is 10.1 Å². The first-order valence-corrected chi connectivity index (χ1v) is 7.27. The van der Waals surface area contributed by atoms with Gasteiger partial charge in [-0.2, -0.15) is 13.2 Å². The van der Waals surface area contributed by atoms with Crippen molar-refractivity contribution in [1.82, 2.24) is 4.98 Å². The van der Waals surface area contributed by atoms with E-state index in [1.807, 2.05) is 26.0 Å². The largest absolute Gasteiger partial charge is 0.467 e. The Bertz CT molecular complexity index is 763. The van der Waals surface area contributed by atoms with E-state index in [1.54, 1.807) is 6.07 Å². The highest BCUT2D eigenvalue weighted by Gasteiger charge is 2.29. The summed E-state index contributed by atoms with van der Waals surface area (Å²) in [5.74, 6) is -0.851. The molecule has 0 saturated carbocycles. The average Bonchev–Trinajstić information content (AvgIpc) is 2.47. The number of carbonyl (C=O) groups excluding carboxylic acids is 1. The zero-order valence-electron chi connectivity index (χ0n) is 12.9. The number of hydrogen-bond acceptors (Lipinski definition) is 3. The molecule has 0 fully saturated rings. The maximum Gasteiger partial charge on any atom is 0.422 e. The van der Waals surface area contributed by atoms with Crippen molar-refractivity contribution in [3.05, 3.63) is 52.2 Å². The Balaban J connectivity index is 2.11. The molecule has 0 aliphatic rings. The molecule has 0 bridgehead atoms. The standard InChI is InChI=1S/C16H14ClF3N2O2/c1-9-3-4-13(10(2)5-9)22-14(23)11-6-12(17)15(21-7-11)24-8-16(18,19)20/h3-7H,8H2,1-2H3,(H,22,23). The zero-order chi connectivity index (χ0) is 17.9. The van der Waals surface area contributed by atoms with E-state index in [4.69, 9.17) is 11.6 Å². The van der Waals surface area contributed by atoms with Crippen molar-refractivity contribution in [3.63, 3.8) is 0 Å². The lowest BCUT2D eigenvalue weighted by Gasteiger charge is -2.11.